The predicted molar refractivity (Wildman–Crippen MR) is 109 cm³/mol. The van der Waals surface area contributed by atoms with Crippen molar-refractivity contribution in [3.8, 4) is 0 Å². The minimum absolute atomic E-state index is 0.138. The van der Waals surface area contributed by atoms with Crippen molar-refractivity contribution in [3.05, 3.63) is 48.3 Å². The molecule has 1 saturated heterocycles. The number of morpholine rings is 1. The van der Waals surface area contributed by atoms with E-state index in [1.807, 2.05) is 24.3 Å². The number of hydrogen-bond acceptors (Lipinski definition) is 5. The fraction of sp³-hybridized carbons (Fsp3) is 0.429. The van der Waals surface area contributed by atoms with Crippen LogP contribution in [-0.4, -0.2) is 43.7 Å². The molecule has 0 spiro atoms. The van der Waals surface area contributed by atoms with E-state index in [1.165, 1.54) is 0 Å². The molecule has 1 amide bonds. The lowest BCUT2D eigenvalue weighted by Gasteiger charge is -2.30. The van der Waals surface area contributed by atoms with Crippen LogP contribution in [0.3, 0.4) is 0 Å². The molecule has 1 aromatic carbocycles. The van der Waals surface area contributed by atoms with E-state index in [9.17, 15) is 4.79 Å². The summed E-state index contributed by atoms with van der Waals surface area (Å²) in [5.41, 5.74) is 3.42. The van der Waals surface area contributed by atoms with Crippen molar-refractivity contribution < 1.29 is 9.53 Å². The second kappa shape index (κ2) is 9.37. The SMILES string of the molecule is CC(C)CCNC(=O)c1cc(Nc2ccccc2N2CCOCC2)ccn1. The van der Waals surface area contributed by atoms with Gasteiger partial charge >= 0.3 is 0 Å². The van der Waals surface area contributed by atoms with Crippen molar-refractivity contribution in [1.29, 1.82) is 0 Å². The Hall–Kier alpha value is -2.60. The van der Waals surface area contributed by atoms with Gasteiger partial charge in [0.1, 0.15) is 5.69 Å². The molecule has 0 aliphatic carbocycles. The van der Waals surface area contributed by atoms with Gasteiger partial charge in [0.05, 0.1) is 24.6 Å². The summed E-state index contributed by atoms with van der Waals surface area (Å²) in [6.07, 6.45) is 2.62. The summed E-state index contributed by atoms with van der Waals surface area (Å²) in [5.74, 6) is 0.420. The Morgan fingerprint density at radius 2 is 2.00 bits per heavy atom. The normalized spacial score (nSPS) is 14.3. The van der Waals surface area contributed by atoms with Crippen molar-refractivity contribution in [2.24, 2.45) is 5.92 Å². The third-order valence-electron chi connectivity index (χ3n) is 4.53. The number of carbonyl (C=O) groups is 1. The molecule has 0 atom stereocenters. The molecule has 0 saturated carbocycles. The fourth-order valence-corrected chi connectivity index (χ4v) is 3.01. The number of benzene rings is 1. The lowest BCUT2D eigenvalue weighted by Crippen LogP contribution is -2.36. The first-order valence-corrected chi connectivity index (χ1v) is 9.56. The maximum Gasteiger partial charge on any atom is 0.269 e. The smallest absolute Gasteiger partial charge is 0.269 e. The van der Waals surface area contributed by atoms with Crippen LogP contribution in [0, 0.1) is 5.92 Å². The van der Waals surface area contributed by atoms with Crippen LogP contribution in [0.1, 0.15) is 30.8 Å². The van der Waals surface area contributed by atoms with Gasteiger partial charge in [0.25, 0.3) is 5.91 Å². The molecule has 2 N–H and O–H groups in total. The number of para-hydroxylation sites is 2. The van der Waals surface area contributed by atoms with Crippen molar-refractivity contribution in [1.82, 2.24) is 10.3 Å². The molecule has 144 valence electrons. The van der Waals surface area contributed by atoms with Crippen molar-refractivity contribution in [2.45, 2.75) is 20.3 Å². The highest BCUT2D eigenvalue weighted by Gasteiger charge is 2.15. The third-order valence-corrected chi connectivity index (χ3v) is 4.53. The number of ether oxygens (including phenoxy) is 1. The van der Waals surface area contributed by atoms with E-state index >= 15 is 0 Å². The van der Waals surface area contributed by atoms with E-state index in [4.69, 9.17) is 4.74 Å². The van der Waals surface area contributed by atoms with Crippen molar-refractivity contribution >= 4 is 23.0 Å². The summed E-state index contributed by atoms with van der Waals surface area (Å²) in [6.45, 7) is 8.17. The molecular formula is C21H28N4O2. The quantitative estimate of drug-likeness (QED) is 0.784. The zero-order valence-electron chi connectivity index (χ0n) is 16.1. The van der Waals surface area contributed by atoms with Crippen LogP contribution in [0.15, 0.2) is 42.6 Å². The minimum atomic E-state index is -0.138. The Kier molecular flexibility index (Phi) is 6.65. The fourth-order valence-electron chi connectivity index (χ4n) is 3.01. The van der Waals surface area contributed by atoms with Crippen molar-refractivity contribution in [2.75, 3.05) is 43.1 Å². The topological polar surface area (TPSA) is 66.5 Å². The molecule has 1 aliphatic rings. The summed E-state index contributed by atoms with van der Waals surface area (Å²) in [5, 5.41) is 6.37. The van der Waals surface area contributed by atoms with E-state index in [-0.39, 0.29) is 5.91 Å². The van der Waals surface area contributed by atoms with Crippen LogP contribution < -0.4 is 15.5 Å². The van der Waals surface area contributed by atoms with Gasteiger partial charge in [-0.05, 0) is 36.6 Å². The van der Waals surface area contributed by atoms with Gasteiger partial charge in [0.15, 0.2) is 0 Å². The van der Waals surface area contributed by atoms with Crippen LogP contribution in [-0.2, 0) is 4.74 Å². The first-order chi connectivity index (χ1) is 13.1. The Morgan fingerprint density at radius 3 is 2.78 bits per heavy atom. The third kappa shape index (κ3) is 5.44. The maximum absolute atomic E-state index is 12.3. The van der Waals surface area contributed by atoms with Crippen LogP contribution in [0.2, 0.25) is 0 Å². The highest BCUT2D eigenvalue weighted by Crippen LogP contribution is 2.29. The average Bonchev–Trinajstić information content (AvgIpc) is 2.69. The highest BCUT2D eigenvalue weighted by molar-refractivity contribution is 5.93. The summed E-state index contributed by atoms with van der Waals surface area (Å²) in [6, 6.07) is 11.9. The molecule has 0 bridgehead atoms. The monoisotopic (exact) mass is 368 g/mol. The van der Waals surface area contributed by atoms with Gasteiger partial charge in [-0.25, -0.2) is 0 Å². The molecule has 1 aliphatic heterocycles. The number of nitrogens with one attached hydrogen (secondary N) is 2. The number of anilines is 3. The molecule has 0 radical (unpaired) electrons. The molecule has 2 aromatic rings. The first-order valence-electron chi connectivity index (χ1n) is 9.56. The Bertz CT molecular complexity index is 757. The summed E-state index contributed by atoms with van der Waals surface area (Å²) < 4.78 is 5.45. The first kappa shape index (κ1) is 19.2. The minimum Gasteiger partial charge on any atom is -0.378 e. The number of hydrogen-bond donors (Lipinski definition) is 2. The molecule has 1 aromatic heterocycles. The van der Waals surface area contributed by atoms with E-state index in [0.717, 1.165) is 49.8 Å². The summed E-state index contributed by atoms with van der Waals surface area (Å²) >= 11 is 0. The Balaban J connectivity index is 1.70. The van der Waals surface area contributed by atoms with E-state index in [0.29, 0.717) is 18.2 Å². The lowest BCUT2D eigenvalue weighted by atomic mass is 10.1. The molecule has 6 heteroatoms. The average molecular weight is 368 g/mol. The molecular weight excluding hydrogens is 340 g/mol. The molecule has 27 heavy (non-hydrogen) atoms. The molecule has 0 unspecified atom stereocenters. The standard InChI is InChI=1S/C21H28N4O2/c1-16(2)7-9-23-21(26)19-15-17(8-10-22-19)24-18-5-3-4-6-20(18)25-11-13-27-14-12-25/h3-6,8,10,15-16H,7,9,11-14H2,1-2H3,(H,22,24)(H,23,26). The van der Waals surface area contributed by atoms with Gasteiger partial charge in [-0.1, -0.05) is 26.0 Å². The van der Waals surface area contributed by atoms with Crippen molar-refractivity contribution in [3.63, 3.8) is 0 Å². The molecule has 1 fully saturated rings. The van der Waals surface area contributed by atoms with E-state index in [1.54, 1.807) is 12.3 Å². The van der Waals surface area contributed by atoms with Gasteiger partial charge in [-0.15, -0.1) is 0 Å². The second-order valence-electron chi connectivity index (χ2n) is 7.11. The second-order valence-corrected chi connectivity index (χ2v) is 7.11. The zero-order chi connectivity index (χ0) is 19.1. The lowest BCUT2D eigenvalue weighted by molar-refractivity contribution is 0.0947. The number of pyridine rings is 1. The van der Waals surface area contributed by atoms with Crippen LogP contribution >= 0.6 is 0 Å². The van der Waals surface area contributed by atoms with E-state index < -0.39 is 0 Å². The van der Waals surface area contributed by atoms with Crippen LogP contribution in [0.4, 0.5) is 17.1 Å². The molecule has 3 rings (SSSR count). The van der Waals surface area contributed by atoms with Gasteiger partial charge in [-0.2, -0.15) is 0 Å². The Labute approximate surface area is 160 Å². The highest BCUT2D eigenvalue weighted by atomic mass is 16.5. The van der Waals surface area contributed by atoms with Gasteiger partial charge in [-0.3, -0.25) is 9.78 Å². The Morgan fingerprint density at radius 1 is 1.22 bits per heavy atom. The number of amides is 1. The largest absolute Gasteiger partial charge is 0.378 e. The van der Waals surface area contributed by atoms with Gasteiger partial charge in [0.2, 0.25) is 0 Å². The summed E-state index contributed by atoms with van der Waals surface area (Å²) in [7, 11) is 0. The number of aromatic nitrogens is 1. The maximum atomic E-state index is 12.3. The van der Waals surface area contributed by atoms with Crippen LogP contribution in [0.25, 0.3) is 0 Å². The number of carbonyl (C=O) groups excluding carboxylic acids is 1. The predicted octanol–water partition coefficient (Wildman–Crippen LogP) is 3.44. The van der Waals surface area contributed by atoms with E-state index in [2.05, 4.69) is 40.4 Å². The van der Waals surface area contributed by atoms with Gasteiger partial charge < -0.3 is 20.3 Å². The zero-order valence-corrected chi connectivity index (χ0v) is 16.1. The molecule has 2 heterocycles. The number of rotatable bonds is 7. The van der Waals surface area contributed by atoms with Crippen LogP contribution in [0.5, 0.6) is 0 Å². The number of nitrogens with zero attached hydrogens (tertiary/aromatic N) is 2. The summed E-state index contributed by atoms with van der Waals surface area (Å²) in [4.78, 5) is 18.8. The molecule has 6 nitrogen and oxygen atoms in total. The van der Waals surface area contributed by atoms with Gasteiger partial charge in [0, 0.05) is 31.5 Å².